The van der Waals surface area contributed by atoms with Gasteiger partial charge in [0.1, 0.15) is 6.54 Å². The molecule has 2 rings (SSSR count). The van der Waals surface area contributed by atoms with Crippen LogP contribution in [0.1, 0.15) is 10.4 Å². The standard InChI is InChI=1S/C10H5Cl2NO4/c11-4-1-2-5(12)8-7(4)9(16)10(17)13(8)3-6(14)15/h1-2H,3H2,(H,14,15). The predicted octanol–water partition coefficient (Wildman–Crippen LogP) is 1.61. The van der Waals surface area contributed by atoms with Crippen LogP contribution in [0, 0.1) is 0 Å². The Morgan fingerprint density at radius 1 is 1.24 bits per heavy atom. The first-order chi connectivity index (χ1) is 7.93. The van der Waals surface area contributed by atoms with Gasteiger partial charge in [0.2, 0.25) is 0 Å². The second-order valence-electron chi connectivity index (χ2n) is 3.37. The molecular weight excluding hydrogens is 269 g/mol. The molecule has 0 saturated heterocycles. The van der Waals surface area contributed by atoms with E-state index in [1.165, 1.54) is 12.1 Å². The number of hydrogen-bond acceptors (Lipinski definition) is 3. The fourth-order valence-corrected chi connectivity index (χ4v) is 2.14. The predicted molar refractivity (Wildman–Crippen MR) is 60.8 cm³/mol. The number of anilines is 1. The molecule has 88 valence electrons. The highest BCUT2D eigenvalue weighted by Crippen LogP contribution is 2.39. The SMILES string of the molecule is O=C(O)CN1C(=O)C(=O)c2c(Cl)ccc(Cl)c21. The van der Waals surface area contributed by atoms with Crippen molar-refractivity contribution in [1.82, 2.24) is 0 Å². The molecule has 1 amide bonds. The second kappa shape index (κ2) is 4.01. The van der Waals surface area contributed by atoms with Gasteiger partial charge >= 0.3 is 5.97 Å². The number of halogens is 2. The van der Waals surface area contributed by atoms with Gasteiger partial charge in [0, 0.05) is 0 Å². The molecule has 1 aromatic rings. The topological polar surface area (TPSA) is 74.7 Å². The Bertz CT molecular complexity index is 555. The molecule has 0 atom stereocenters. The molecule has 1 aliphatic rings. The van der Waals surface area contributed by atoms with E-state index >= 15 is 0 Å². The minimum atomic E-state index is -1.24. The zero-order valence-corrected chi connectivity index (χ0v) is 9.75. The highest BCUT2D eigenvalue weighted by Gasteiger charge is 2.40. The van der Waals surface area contributed by atoms with Gasteiger partial charge in [0.25, 0.3) is 11.7 Å². The Morgan fingerprint density at radius 3 is 2.41 bits per heavy atom. The molecule has 1 N–H and O–H groups in total. The van der Waals surface area contributed by atoms with E-state index in [0.29, 0.717) is 0 Å². The first-order valence-electron chi connectivity index (χ1n) is 4.49. The normalized spacial score (nSPS) is 14.1. The lowest BCUT2D eigenvalue weighted by Gasteiger charge is -2.14. The number of fused-ring (bicyclic) bond motifs is 1. The van der Waals surface area contributed by atoms with Crippen molar-refractivity contribution in [2.75, 3.05) is 11.4 Å². The average Bonchev–Trinajstić information content (AvgIpc) is 2.49. The molecule has 0 radical (unpaired) electrons. The van der Waals surface area contributed by atoms with Gasteiger partial charge in [-0.05, 0) is 12.1 Å². The fourth-order valence-electron chi connectivity index (χ4n) is 1.64. The summed E-state index contributed by atoms with van der Waals surface area (Å²) >= 11 is 11.7. The number of hydrogen-bond donors (Lipinski definition) is 1. The molecule has 1 heterocycles. The monoisotopic (exact) mass is 273 g/mol. The van der Waals surface area contributed by atoms with Gasteiger partial charge in [0.15, 0.2) is 0 Å². The minimum absolute atomic E-state index is 0.0367. The van der Waals surface area contributed by atoms with Crippen molar-refractivity contribution in [1.29, 1.82) is 0 Å². The second-order valence-corrected chi connectivity index (χ2v) is 4.18. The molecule has 1 aliphatic heterocycles. The van der Waals surface area contributed by atoms with Crippen LogP contribution in [0.2, 0.25) is 10.0 Å². The van der Waals surface area contributed by atoms with Gasteiger partial charge in [-0.3, -0.25) is 19.3 Å². The van der Waals surface area contributed by atoms with Crippen LogP contribution in [-0.2, 0) is 9.59 Å². The zero-order chi connectivity index (χ0) is 12.7. The third-order valence-corrected chi connectivity index (χ3v) is 2.93. The highest BCUT2D eigenvalue weighted by molar-refractivity contribution is 6.57. The smallest absolute Gasteiger partial charge is 0.323 e. The number of amides is 1. The maximum atomic E-state index is 11.6. The number of carboxylic acid groups (broad SMARTS) is 1. The molecule has 1 aromatic carbocycles. The van der Waals surface area contributed by atoms with Crippen molar-refractivity contribution in [2.45, 2.75) is 0 Å². The summed E-state index contributed by atoms with van der Waals surface area (Å²) in [5.41, 5.74) is 0.0296. The van der Waals surface area contributed by atoms with Gasteiger partial charge in [-0.2, -0.15) is 0 Å². The van der Waals surface area contributed by atoms with E-state index in [2.05, 4.69) is 0 Å². The van der Waals surface area contributed by atoms with E-state index < -0.39 is 24.2 Å². The number of rotatable bonds is 2. The molecule has 5 nitrogen and oxygen atoms in total. The van der Waals surface area contributed by atoms with Crippen LogP contribution in [0.5, 0.6) is 0 Å². The van der Waals surface area contributed by atoms with E-state index in [0.717, 1.165) is 4.90 Å². The van der Waals surface area contributed by atoms with Crippen LogP contribution in [0.25, 0.3) is 0 Å². The molecule has 7 heteroatoms. The number of Topliss-reactive ketones (excluding diaryl/α,β-unsaturated/α-hetero) is 1. The molecule has 0 aliphatic carbocycles. The quantitative estimate of drug-likeness (QED) is 0.831. The van der Waals surface area contributed by atoms with E-state index in [9.17, 15) is 14.4 Å². The number of carbonyl (C=O) groups excluding carboxylic acids is 2. The van der Waals surface area contributed by atoms with Gasteiger partial charge in [0.05, 0.1) is 21.3 Å². The molecule has 17 heavy (non-hydrogen) atoms. The zero-order valence-electron chi connectivity index (χ0n) is 8.24. The number of nitrogens with zero attached hydrogens (tertiary/aromatic N) is 1. The van der Waals surface area contributed by atoms with Gasteiger partial charge < -0.3 is 5.11 Å². The number of benzene rings is 1. The summed E-state index contributed by atoms with van der Waals surface area (Å²) < 4.78 is 0. The Labute approximate surface area is 106 Å². The van der Waals surface area contributed by atoms with Gasteiger partial charge in [-0.25, -0.2) is 0 Å². The summed E-state index contributed by atoms with van der Waals surface area (Å²) in [6.45, 7) is -0.627. The summed E-state index contributed by atoms with van der Waals surface area (Å²) in [7, 11) is 0. The maximum absolute atomic E-state index is 11.6. The number of ketones is 1. The van der Waals surface area contributed by atoms with Crippen molar-refractivity contribution in [3.05, 3.63) is 27.7 Å². The highest BCUT2D eigenvalue weighted by atomic mass is 35.5. The summed E-state index contributed by atoms with van der Waals surface area (Å²) in [5, 5.41) is 8.88. The van der Waals surface area contributed by atoms with Gasteiger partial charge in [-0.15, -0.1) is 0 Å². The molecular formula is C10H5Cl2NO4. The largest absolute Gasteiger partial charge is 0.480 e. The molecule has 0 saturated carbocycles. The van der Waals surface area contributed by atoms with E-state index in [1.807, 2.05) is 0 Å². The summed E-state index contributed by atoms with van der Waals surface area (Å²) in [4.78, 5) is 34.7. The van der Waals surface area contributed by atoms with Crippen LogP contribution in [0.3, 0.4) is 0 Å². The fraction of sp³-hybridized carbons (Fsp3) is 0.100. The summed E-state index contributed by atoms with van der Waals surface area (Å²) in [5.74, 6) is -3.01. The van der Waals surface area contributed by atoms with Crippen molar-refractivity contribution in [3.63, 3.8) is 0 Å². The summed E-state index contributed by atoms with van der Waals surface area (Å²) in [6, 6.07) is 2.79. The first kappa shape index (κ1) is 11.9. The van der Waals surface area contributed by atoms with Crippen LogP contribution in [0.15, 0.2) is 12.1 Å². The van der Waals surface area contributed by atoms with Gasteiger partial charge in [-0.1, -0.05) is 23.2 Å². The number of carbonyl (C=O) groups is 3. The molecule has 0 fully saturated rings. The lowest BCUT2D eigenvalue weighted by Crippen LogP contribution is -2.34. The maximum Gasteiger partial charge on any atom is 0.323 e. The Hall–Kier alpha value is -1.59. The van der Waals surface area contributed by atoms with Crippen LogP contribution >= 0.6 is 23.2 Å². The third kappa shape index (κ3) is 1.77. The first-order valence-corrected chi connectivity index (χ1v) is 5.25. The molecule has 0 bridgehead atoms. The van der Waals surface area contributed by atoms with E-state index in [1.54, 1.807) is 0 Å². The molecule has 0 aromatic heterocycles. The Balaban J connectivity index is 2.63. The molecule has 0 spiro atoms. The van der Waals surface area contributed by atoms with Crippen molar-refractivity contribution < 1.29 is 19.5 Å². The van der Waals surface area contributed by atoms with Crippen LogP contribution in [0.4, 0.5) is 5.69 Å². The van der Waals surface area contributed by atoms with Crippen LogP contribution in [-0.4, -0.2) is 29.3 Å². The lowest BCUT2D eigenvalue weighted by atomic mass is 10.1. The van der Waals surface area contributed by atoms with E-state index in [4.69, 9.17) is 28.3 Å². The minimum Gasteiger partial charge on any atom is -0.480 e. The average molecular weight is 274 g/mol. The van der Waals surface area contributed by atoms with Crippen molar-refractivity contribution in [3.8, 4) is 0 Å². The summed E-state index contributed by atoms with van der Waals surface area (Å²) in [6.07, 6.45) is 0. The van der Waals surface area contributed by atoms with Crippen molar-refractivity contribution in [2.24, 2.45) is 0 Å². The Kier molecular flexibility index (Phi) is 2.81. The molecule has 0 unspecified atom stereocenters. The Morgan fingerprint density at radius 2 is 1.82 bits per heavy atom. The number of aliphatic carboxylic acids is 1. The van der Waals surface area contributed by atoms with E-state index in [-0.39, 0.29) is 21.3 Å². The lowest BCUT2D eigenvalue weighted by molar-refractivity contribution is -0.136. The third-order valence-electron chi connectivity index (χ3n) is 2.31. The number of carboxylic acids is 1. The van der Waals surface area contributed by atoms with Crippen LogP contribution < -0.4 is 4.90 Å². The van der Waals surface area contributed by atoms with Crippen molar-refractivity contribution >= 4 is 46.5 Å².